The van der Waals surface area contributed by atoms with Crippen molar-refractivity contribution in [2.24, 2.45) is 0 Å². The maximum absolute atomic E-state index is 10.5. The van der Waals surface area contributed by atoms with Crippen LogP contribution in [0.3, 0.4) is 0 Å². The van der Waals surface area contributed by atoms with Crippen LogP contribution in [0.2, 0.25) is 0 Å². The molecule has 0 saturated carbocycles. The summed E-state index contributed by atoms with van der Waals surface area (Å²) in [5.74, 6) is 0.675. The van der Waals surface area contributed by atoms with E-state index in [1.165, 1.54) is 11.3 Å². The first-order valence-electron chi connectivity index (χ1n) is 7.32. The van der Waals surface area contributed by atoms with Crippen molar-refractivity contribution < 1.29 is 19.5 Å². The maximum Gasteiger partial charge on any atom is 0.504 e. The minimum Gasteiger partial charge on any atom is -0.496 e. The summed E-state index contributed by atoms with van der Waals surface area (Å²) in [6.45, 7) is 6.76. The first-order valence-corrected chi connectivity index (χ1v) is 8.20. The molecule has 0 unspecified atom stereocenters. The van der Waals surface area contributed by atoms with E-state index >= 15 is 0 Å². The number of aliphatic hydroxyl groups is 1. The van der Waals surface area contributed by atoms with Crippen molar-refractivity contribution >= 4 is 23.2 Å². The van der Waals surface area contributed by atoms with Crippen LogP contribution in [0, 0.1) is 0 Å². The number of rotatable bonds is 6. The molecule has 0 aliphatic heterocycles. The lowest BCUT2D eigenvalue weighted by molar-refractivity contribution is -0.0981. The first-order chi connectivity index (χ1) is 10.7. The SMILES string of the molecule is COc1ccccc1-c1ncsc1B(O)OC(C)(C)C(C)(C)O. The van der Waals surface area contributed by atoms with E-state index in [9.17, 15) is 10.1 Å². The fourth-order valence-electron chi connectivity index (χ4n) is 1.95. The summed E-state index contributed by atoms with van der Waals surface area (Å²) in [4.78, 5) is 4.34. The van der Waals surface area contributed by atoms with Crippen LogP contribution in [0.15, 0.2) is 29.8 Å². The van der Waals surface area contributed by atoms with Crippen molar-refractivity contribution in [1.29, 1.82) is 0 Å². The van der Waals surface area contributed by atoms with Gasteiger partial charge >= 0.3 is 7.12 Å². The Morgan fingerprint density at radius 2 is 1.83 bits per heavy atom. The van der Waals surface area contributed by atoms with Gasteiger partial charge in [0.1, 0.15) is 5.75 Å². The molecule has 0 aliphatic carbocycles. The van der Waals surface area contributed by atoms with Crippen LogP contribution < -0.4 is 9.51 Å². The third-order valence-corrected chi connectivity index (χ3v) is 4.92. The molecule has 5 nitrogen and oxygen atoms in total. The smallest absolute Gasteiger partial charge is 0.496 e. The van der Waals surface area contributed by atoms with E-state index in [4.69, 9.17) is 9.39 Å². The molecule has 124 valence electrons. The van der Waals surface area contributed by atoms with Crippen LogP contribution in [-0.2, 0) is 4.65 Å². The van der Waals surface area contributed by atoms with E-state index < -0.39 is 18.3 Å². The molecular formula is C16H22BNO4S. The number of para-hydroxylation sites is 1. The van der Waals surface area contributed by atoms with Gasteiger partial charge in [0.05, 0.1) is 34.3 Å². The molecule has 0 atom stereocenters. The standard InChI is InChI=1S/C16H22BNO4S/c1-15(2,19)16(3,4)22-17(20)14-13(18-10-23-14)11-8-6-7-9-12(11)21-5/h6-10,19-20H,1-5H3. The highest BCUT2D eigenvalue weighted by atomic mass is 32.1. The zero-order chi connectivity index (χ0) is 17.3. The predicted octanol–water partition coefficient (Wildman–Crippen LogP) is 2.07. The molecule has 0 bridgehead atoms. The van der Waals surface area contributed by atoms with Crippen LogP contribution in [0.1, 0.15) is 27.7 Å². The molecule has 0 aliphatic rings. The van der Waals surface area contributed by atoms with Gasteiger partial charge in [-0.2, -0.15) is 0 Å². The van der Waals surface area contributed by atoms with Gasteiger partial charge in [-0.3, -0.25) is 0 Å². The Balaban J connectivity index is 2.35. The number of ether oxygens (including phenoxy) is 1. The molecule has 0 fully saturated rings. The third kappa shape index (κ3) is 3.75. The fraction of sp³-hybridized carbons (Fsp3) is 0.438. The quantitative estimate of drug-likeness (QED) is 0.791. The summed E-state index contributed by atoms with van der Waals surface area (Å²) in [5.41, 5.74) is 1.01. The molecule has 0 amide bonds. The highest BCUT2D eigenvalue weighted by molar-refractivity contribution is 7.21. The van der Waals surface area contributed by atoms with Gasteiger partial charge in [-0.15, -0.1) is 11.3 Å². The molecular weight excluding hydrogens is 313 g/mol. The number of hydrogen-bond acceptors (Lipinski definition) is 6. The van der Waals surface area contributed by atoms with Crippen molar-refractivity contribution in [3.8, 4) is 17.0 Å². The van der Waals surface area contributed by atoms with E-state index in [1.54, 1.807) is 40.3 Å². The topological polar surface area (TPSA) is 71.8 Å². The molecule has 23 heavy (non-hydrogen) atoms. The average molecular weight is 335 g/mol. The van der Waals surface area contributed by atoms with Crippen molar-refractivity contribution in [3.05, 3.63) is 29.8 Å². The largest absolute Gasteiger partial charge is 0.504 e. The van der Waals surface area contributed by atoms with Gasteiger partial charge in [-0.25, -0.2) is 4.98 Å². The van der Waals surface area contributed by atoms with Gasteiger partial charge in [-0.05, 0) is 39.8 Å². The minimum absolute atomic E-state index is 0.576. The summed E-state index contributed by atoms with van der Waals surface area (Å²) in [6.07, 6.45) is 0. The van der Waals surface area contributed by atoms with Crippen molar-refractivity contribution in [3.63, 3.8) is 0 Å². The molecule has 1 aromatic heterocycles. The minimum atomic E-state index is -1.19. The van der Waals surface area contributed by atoms with E-state index in [0.717, 1.165) is 5.56 Å². The van der Waals surface area contributed by atoms with Crippen molar-refractivity contribution in [2.75, 3.05) is 7.11 Å². The summed E-state index contributed by atoms with van der Waals surface area (Å²) < 4.78 is 11.7. The van der Waals surface area contributed by atoms with Gasteiger partial charge in [0.15, 0.2) is 0 Å². The number of nitrogens with zero attached hydrogens (tertiary/aromatic N) is 1. The van der Waals surface area contributed by atoms with Crippen LogP contribution >= 0.6 is 11.3 Å². The number of benzene rings is 1. The highest BCUT2D eigenvalue weighted by Gasteiger charge is 2.40. The monoisotopic (exact) mass is 335 g/mol. The fourth-order valence-corrected chi connectivity index (χ4v) is 2.66. The molecule has 2 aromatic rings. The molecule has 2 rings (SSSR count). The number of hydrogen-bond donors (Lipinski definition) is 2. The Morgan fingerprint density at radius 1 is 1.17 bits per heavy atom. The van der Waals surface area contributed by atoms with Crippen molar-refractivity contribution in [2.45, 2.75) is 38.9 Å². The molecule has 1 aromatic carbocycles. The average Bonchev–Trinajstić information content (AvgIpc) is 2.94. The summed E-state index contributed by atoms with van der Waals surface area (Å²) in [6, 6.07) is 7.48. The summed E-state index contributed by atoms with van der Waals surface area (Å²) in [7, 11) is 0.402. The summed E-state index contributed by atoms with van der Waals surface area (Å²) >= 11 is 1.30. The Kier molecular flexibility index (Phi) is 5.15. The van der Waals surface area contributed by atoms with Crippen LogP contribution in [-0.4, -0.2) is 40.5 Å². The van der Waals surface area contributed by atoms with Crippen LogP contribution in [0.25, 0.3) is 11.3 Å². The lowest BCUT2D eigenvalue weighted by atomic mass is 9.80. The third-order valence-electron chi connectivity index (χ3n) is 4.06. The van der Waals surface area contributed by atoms with E-state index in [2.05, 4.69) is 4.98 Å². The number of methoxy groups -OCH3 is 1. The van der Waals surface area contributed by atoms with Crippen molar-refractivity contribution in [1.82, 2.24) is 4.98 Å². The molecule has 1 heterocycles. The molecule has 0 radical (unpaired) electrons. The zero-order valence-electron chi connectivity index (χ0n) is 14.0. The Labute approximate surface area is 141 Å². The molecule has 2 N–H and O–H groups in total. The highest BCUT2D eigenvalue weighted by Crippen LogP contribution is 2.30. The molecule has 0 spiro atoms. The Hall–Kier alpha value is -1.41. The van der Waals surface area contributed by atoms with E-state index in [0.29, 0.717) is 16.2 Å². The predicted molar refractivity (Wildman–Crippen MR) is 93.2 cm³/mol. The van der Waals surface area contributed by atoms with Gasteiger partial charge < -0.3 is 19.5 Å². The lowest BCUT2D eigenvalue weighted by Gasteiger charge is -2.38. The van der Waals surface area contributed by atoms with Gasteiger partial charge in [0.2, 0.25) is 0 Å². The van der Waals surface area contributed by atoms with Crippen LogP contribution in [0.4, 0.5) is 0 Å². The number of aromatic nitrogens is 1. The molecule has 0 saturated heterocycles. The zero-order valence-corrected chi connectivity index (χ0v) is 14.8. The Bertz CT molecular complexity index is 666. The second kappa shape index (κ2) is 6.61. The summed E-state index contributed by atoms with van der Waals surface area (Å²) in [5, 5.41) is 20.7. The van der Waals surface area contributed by atoms with Gasteiger partial charge in [0, 0.05) is 5.56 Å². The first kappa shape index (κ1) is 17.9. The second-order valence-electron chi connectivity index (χ2n) is 6.31. The normalized spacial score (nSPS) is 12.3. The molecule has 7 heteroatoms. The van der Waals surface area contributed by atoms with Gasteiger partial charge in [0.25, 0.3) is 0 Å². The number of thiazole rings is 1. The maximum atomic E-state index is 10.5. The van der Waals surface area contributed by atoms with Crippen LogP contribution in [0.5, 0.6) is 5.75 Å². The second-order valence-corrected chi connectivity index (χ2v) is 7.19. The van der Waals surface area contributed by atoms with E-state index in [-0.39, 0.29) is 0 Å². The lowest BCUT2D eigenvalue weighted by Crippen LogP contribution is -2.53. The van der Waals surface area contributed by atoms with E-state index in [1.807, 2.05) is 24.3 Å². The van der Waals surface area contributed by atoms with Gasteiger partial charge in [-0.1, -0.05) is 12.1 Å². The Morgan fingerprint density at radius 3 is 2.43 bits per heavy atom.